The van der Waals surface area contributed by atoms with Gasteiger partial charge in [0.15, 0.2) is 12.3 Å². The van der Waals surface area contributed by atoms with E-state index in [1.807, 2.05) is 6.92 Å². The molecule has 22 heavy (non-hydrogen) atoms. The smallest absolute Gasteiger partial charge is 0.296 e. The Hall–Kier alpha value is -2.58. The molecule has 0 saturated carbocycles. The predicted octanol–water partition coefficient (Wildman–Crippen LogP) is -1.06. The summed E-state index contributed by atoms with van der Waals surface area (Å²) in [5.41, 5.74) is 0.774. The van der Waals surface area contributed by atoms with E-state index < -0.39 is 12.1 Å². The third-order valence-corrected chi connectivity index (χ3v) is 3.80. The molecule has 0 aromatic carbocycles. The van der Waals surface area contributed by atoms with Crippen molar-refractivity contribution in [2.75, 3.05) is 27.2 Å². The summed E-state index contributed by atoms with van der Waals surface area (Å²) in [6.45, 7) is 3.80. The fourth-order valence-corrected chi connectivity index (χ4v) is 2.80. The molecule has 0 aromatic heterocycles. The van der Waals surface area contributed by atoms with E-state index in [1.54, 1.807) is 11.6 Å². The molecule has 0 N–H and O–H groups in total. The lowest BCUT2D eigenvalue weighted by atomic mass is 10.1. The minimum Gasteiger partial charge on any atom is -0.296 e. The molecule has 0 radical (unpaired) electrons. The van der Waals surface area contributed by atoms with E-state index in [4.69, 9.17) is 0 Å². The number of carbonyl (C=O) groups is 3. The van der Waals surface area contributed by atoms with Gasteiger partial charge in [0.2, 0.25) is 11.9 Å². The Kier molecular flexibility index (Phi) is 3.08. The lowest BCUT2D eigenvalue weighted by molar-refractivity contribution is -0.527. The average Bonchev–Trinajstić information content (AvgIpc) is 2.81. The number of nitrogens with zero attached hydrogens (tertiary/aromatic N) is 6. The van der Waals surface area contributed by atoms with Gasteiger partial charge in [-0.05, 0) is 13.8 Å². The molecular formula is C13H17N6O3+. The highest BCUT2D eigenvalue weighted by Gasteiger charge is 2.53. The lowest BCUT2D eigenvalue weighted by Gasteiger charge is -2.32. The Morgan fingerprint density at radius 3 is 2.64 bits per heavy atom. The molecule has 3 aliphatic rings. The third kappa shape index (κ3) is 1.92. The summed E-state index contributed by atoms with van der Waals surface area (Å²) < 4.78 is 1.78. The SMILES string of the molecule is CC(=O)CN1N=C(C)C[N+]2=C1N=C1C2C(=O)N(C)C(=O)N1C. The number of hydrogen-bond donors (Lipinski definition) is 0. The highest BCUT2D eigenvalue weighted by atomic mass is 16.2. The maximum atomic E-state index is 12.5. The first-order chi connectivity index (χ1) is 10.3. The molecule has 1 saturated heterocycles. The molecule has 0 bridgehead atoms. The number of ketones is 1. The van der Waals surface area contributed by atoms with Gasteiger partial charge in [-0.2, -0.15) is 0 Å². The quantitative estimate of drug-likeness (QED) is 0.608. The van der Waals surface area contributed by atoms with Crippen LogP contribution in [0.5, 0.6) is 0 Å². The van der Waals surface area contributed by atoms with Crippen LogP contribution < -0.4 is 0 Å². The topological polar surface area (TPSA) is 88.7 Å². The molecule has 1 fully saturated rings. The van der Waals surface area contributed by atoms with Crippen LogP contribution in [-0.2, 0) is 9.59 Å². The zero-order valence-corrected chi connectivity index (χ0v) is 12.9. The number of aliphatic imine (C=N–C) groups is 1. The number of hydrogen-bond acceptors (Lipinski definition) is 6. The number of amidine groups is 1. The number of likely N-dealkylation sites (N-methyl/N-ethyl adjacent to an activating group) is 2. The van der Waals surface area contributed by atoms with Gasteiger partial charge in [0, 0.05) is 14.1 Å². The van der Waals surface area contributed by atoms with Gasteiger partial charge in [0.1, 0.15) is 6.54 Å². The fourth-order valence-electron chi connectivity index (χ4n) is 2.80. The van der Waals surface area contributed by atoms with Gasteiger partial charge in [-0.25, -0.2) is 9.37 Å². The summed E-state index contributed by atoms with van der Waals surface area (Å²) in [6.07, 6.45) is 0. The molecule has 0 spiro atoms. The molecular weight excluding hydrogens is 288 g/mol. The second-order valence-electron chi connectivity index (χ2n) is 5.63. The van der Waals surface area contributed by atoms with Crippen LogP contribution in [-0.4, -0.2) is 87.8 Å². The first kappa shape index (κ1) is 14.4. The van der Waals surface area contributed by atoms with Crippen molar-refractivity contribution >= 4 is 35.2 Å². The van der Waals surface area contributed by atoms with E-state index in [2.05, 4.69) is 10.1 Å². The minimum atomic E-state index is -0.650. The molecule has 0 aromatic rings. The molecule has 1 unspecified atom stereocenters. The standard InChI is InChI=1S/C13H17N6O3/c1-7-5-18-9-10(16(3)13(22)17(4)11(9)21)14-12(18)19(15-7)6-8(2)20/h9H,5-6H2,1-4H3/q+1. The van der Waals surface area contributed by atoms with Crippen LogP contribution in [0.4, 0.5) is 4.79 Å². The van der Waals surface area contributed by atoms with Gasteiger partial charge < -0.3 is 0 Å². The van der Waals surface area contributed by atoms with Crippen molar-refractivity contribution in [1.29, 1.82) is 0 Å². The van der Waals surface area contributed by atoms with E-state index in [1.165, 1.54) is 23.9 Å². The Morgan fingerprint density at radius 1 is 1.32 bits per heavy atom. The molecule has 116 valence electrons. The van der Waals surface area contributed by atoms with Crippen LogP contribution in [0.1, 0.15) is 13.8 Å². The molecule has 3 heterocycles. The normalized spacial score (nSPS) is 24.4. The molecule has 0 aliphatic carbocycles. The number of carbonyl (C=O) groups excluding carboxylic acids is 3. The van der Waals surface area contributed by atoms with Crippen LogP contribution in [0.25, 0.3) is 0 Å². The highest BCUT2D eigenvalue weighted by Crippen LogP contribution is 2.21. The van der Waals surface area contributed by atoms with Crippen LogP contribution >= 0.6 is 0 Å². The van der Waals surface area contributed by atoms with Crippen molar-refractivity contribution < 1.29 is 19.0 Å². The summed E-state index contributed by atoms with van der Waals surface area (Å²) in [4.78, 5) is 42.8. The summed E-state index contributed by atoms with van der Waals surface area (Å²) in [6, 6.07) is -1.07. The minimum absolute atomic E-state index is 0.0613. The Bertz CT molecular complexity index is 692. The number of Topliss-reactive ketones (excluding diaryl/α,β-unsaturated/α-hetero) is 1. The van der Waals surface area contributed by atoms with E-state index in [-0.39, 0.29) is 18.2 Å². The first-order valence-electron chi connectivity index (χ1n) is 6.89. The van der Waals surface area contributed by atoms with Crippen LogP contribution in [0, 0.1) is 0 Å². The van der Waals surface area contributed by atoms with Gasteiger partial charge in [0.25, 0.3) is 5.91 Å². The maximum Gasteiger partial charge on any atom is 0.417 e. The molecule has 9 heteroatoms. The zero-order chi connectivity index (χ0) is 16.2. The number of guanidine groups is 1. The molecule has 3 aliphatic heterocycles. The van der Waals surface area contributed by atoms with Gasteiger partial charge >= 0.3 is 12.0 Å². The second kappa shape index (κ2) is 4.72. The Labute approximate surface area is 127 Å². The molecule has 3 rings (SSSR count). The number of urea groups is 1. The van der Waals surface area contributed by atoms with E-state index in [0.717, 1.165) is 10.6 Å². The molecule has 1 atom stereocenters. The van der Waals surface area contributed by atoms with E-state index >= 15 is 0 Å². The van der Waals surface area contributed by atoms with E-state index in [9.17, 15) is 14.4 Å². The zero-order valence-electron chi connectivity index (χ0n) is 12.9. The monoisotopic (exact) mass is 305 g/mol. The third-order valence-electron chi connectivity index (χ3n) is 3.80. The van der Waals surface area contributed by atoms with Crippen molar-refractivity contribution in [3.63, 3.8) is 0 Å². The van der Waals surface area contributed by atoms with Crippen molar-refractivity contribution in [1.82, 2.24) is 14.8 Å². The summed E-state index contributed by atoms with van der Waals surface area (Å²) >= 11 is 0. The number of amides is 3. The predicted molar refractivity (Wildman–Crippen MR) is 77.8 cm³/mol. The molecule has 9 nitrogen and oxygen atoms in total. The summed E-state index contributed by atoms with van der Waals surface area (Å²) in [5, 5.41) is 5.81. The van der Waals surface area contributed by atoms with Gasteiger partial charge in [-0.1, -0.05) is 4.99 Å². The Balaban J connectivity index is 2.05. The summed E-state index contributed by atoms with van der Waals surface area (Å²) in [7, 11) is 3.04. The van der Waals surface area contributed by atoms with E-state index in [0.29, 0.717) is 18.3 Å². The Morgan fingerprint density at radius 2 is 2.00 bits per heavy atom. The van der Waals surface area contributed by atoms with Crippen LogP contribution in [0.2, 0.25) is 0 Å². The van der Waals surface area contributed by atoms with Crippen LogP contribution in [0.3, 0.4) is 0 Å². The first-order valence-corrected chi connectivity index (χ1v) is 6.89. The van der Waals surface area contributed by atoms with Gasteiger partial charge in [0.05, 0.1) is 5.71 Å². The second-order valence-corrected chi connectivity index (χ2v) is 5.63. The van der Waals surface area contributed by atoms with Gasteiger partial charge in [-0.3, -0.25) is 19.4 Å². The lowest BCUT2D eigenvalue weighted by Crippen LogP contribution is -2.62. The number of fused-ring (bicyclic) bond motifs is 2. The number of hydrazone groups is 1. The number of imide groups is 1. The van der Waals surface area contributed by atoms with Crippen molar-refractivity contribution in [3.8, 4) is 0 Å². The van der Waals surface area contributed by atoms with Gasteiger partial charge in [-0.15, -0.1) is 10.1 Å². The largest absolute Gasteiger partial charge is 0.417 e. The van der Waals surface area contributed by atoms with Crippen molar-refractivity contribution in [3.05, 3.63) is 0 Å². The van der Waals surface area contributed by atoms with Crippen molar-refractivity contribution in [2.45, 2.75) is 19.9 Å². The number of rotatable bonds is 2. The van der Waals surface area contributed by atoms with Crippen LogP contribution in [0.15, 0.2) is 10.1 Å². The fraction of sp³-hybridized carbons (Fsp3) is 0.538. The highest BCUT2D eigenvalue weighted by molar-refractivity contribution is 6.23. The average molecular weight is 305 g/mol. The molecule has 3 amide bonds. The van der Waals surface area contributed by atoms with Crippen molar-refractivity contribution in [2.24, 2.45) is 10.1 Å². The maximum absolute atomic E-state index is 12.5. The summed E-state index contributed by atoms with van der Waals surface area (Å²) in [5.74, 6) is 0.425.